The first kappa shape index (κ1) is 22.1. The zero-order valence-electron chi connectivity index (χ0n) is 20.1. The van der Waals surface area contributed by atoms with Crippen LogP contribution in [0.3, 0.4) is 0 Å². The second-order valence-electron chi connectivity index (χ2n) is 9.04. The highest BCUT2D eigenvalue weighted by Crippen LogP contribution is 2.35. The number of carbonyl (C=O) groups excluding carboxylic acids is 1. The molecule has 5 aromatic rings. The number of hydrogen-bond acceptors (Lipinski definition) is 6. The minimum absolute atomic E-state index is 0.0940. The lowest BCUT2D eigenvalue weighted by Gasteiger charge is -2.19. The van der Waals surface area contributed by atoms with Crippen molar-refractivity contribution in [2.24, 2.45) is 0 Å². The van der Waals surface area contributed by atoms with E-state index in [0.717, 1.165) is 22.3 Å². The van der Waals surface area contributed by atoms with Gasteiger partial charge in [-0.1, -0.05) is 6.07 Å². The fraction of sp³-hybridized carbons (Fsp3) is 0.259. The Hall–Kier alpha value is -4.40. The molecule has 6 rings (SSSR count). The van der Waals surface area contributed by atoms with Gasteiger partial charge in [-0.15, -0.1) is 0 Å². The molecule has 0 atom stereocenters. The van der Waals surface area contributed by atoms with E-state index in [4.69, 9.17) is 14.5 Å². The van der Waals surface area contributed by atoms with Crippen molar-refractivity contribution in [1.82, 2.24) is 29.5 Å². The summed E-state index contributed by atoms with van der Waals surface area (Å²) in [6.07, 6.45) is 6.29. The van der Waals surface area contributed by atoms with Gasteiger partial charge in [0.2, 0.25) is 0 Å². The molecular weight excluding hydrogens is 456 g/mol. The molecule has 0 unspecified atom stereocenters. The van der Waals surface area contributed by atoms with E-state index in [1.165, 1.54) is 0 Å². The predicted molar refractivity (Wildman–Crippen MR) is 136 cm³/mol. The van der Waals surface area contributed by atoms with Crippen LogP contribution in [0, 0.1) is 0 Å². The standard InChI is InChI=1S/C27H26N6O3/c1-17(2)33-26-21(15-29-33)20(14-22(31-26)18-6-7-23-24(13-18)36-12-11-35-23)27(34)28-9-8-19-16-32-10-4-3-5-25(32)30-19/h3-7,10,13-17H,8-9,11-12H2,1-2H3,(H,28,34). The summed E-state index contributed by atoms with van der Waals surface area (Å²) in [7, 11) is 0. The van der Waals surface area contributed by atoms with Crippen molar-refractivity contribution in [3.05, 3.63) is 72.3 Å². The van der Waals surface area contributed by atoms with Gasteiger partial charge in [0.25, 0.3) is 5.91 Å². The number of imidazole rings is 1. The van der Waals surface area contributed by atoms with Gasteiger partial charge in [-0.3, -0.25) is 4.79 Å². The van der Waals surface area contributed by atoms with Crippen LogP contribution in [0.2, 0.25) is 0 Å². The van der Waals surface area contributed by atoms with E-state index in [9.17, 15) is 4.79 Å². The number of aromatic nitrogens is 5. The molecule has 1 amide bonds. The van der Waals surface area contributed by atoms with Gasteiger partial charge < -0.3 is 19.2 Å². The van der Waals surface area contributed by atoms with Gasteiger partial charge in [-0.25, -0.2) is 14.6 Å². The summed E-state index contributed by atoms with van der Waals surface area (Å²) in [6.45, 7) is 5.58. The molecule has 0 saturated carbocycles. The molecule has 0 fully saturated rings. The monoisotopic (exact) mass is 482 g/mol. The second kappa shape index (κ2) is 8.99. The van der Waals surface area contributed by atoms with Crippen LogP contribution in [0.5, 0.6) is 11.5 Å². The molecule has 4 aromatic heterocycles. The van der Waals surface area contributed by atoms with Crippen molar-refractivity contribution in [2.75, 3.05) is 19.8 Å². The number of ether oxygens (including phenoxy) is 2. The molecule has 1 aliphatic rings. The summed E-state index contributed by atoms with van der Waals surface area (Å²) in [6, 6.07) is 13.5. The van der Waals surface area contributed by atoms with Crippen LogP contribution in [0.4, 0.5) is 0 Å². The Morgan fingerprint density at radius 2 is 1.94 bits per heavy atom. The van der Waals surface area contributed by atoms with E-state index in [-0.39, 0.29) is 11.9 Å². The third kappa shape index (κ3) is 4.02. The highest BCUT2D eigenvalue weighted by molar-refractivity contribution is 6.06. The van der Waals surface area contributed by atoms with Crippen LogP contribution in [0.25, 0.3) is 27.9 Å². The number of benzene rings is 1. The molecule has 9 nitrogen and oxygen atoms in total. The SMILES string of the molecule is CC(C)n1ncc2c(C(=O)NCCc3cn4ccccc4n3)cc(-c3ccc4c(c3)OCCO4)nc21. The number of carbonyl (C=O) groups is 1. The normalized spacial score (nSPS) is 13.0. The molecule has 182 valence electrons. The van der Waals surface area contributed by atoms with Crippen molar-refractivity contribution in [3.8, 4) is 22.8 Å². The fourth-order valence-corrected chi connectivity index (χ4v) is 4.44. The van der Waals surface area contributed by atoms with Crippen molar-refractivity contribution in [1.29, 1.82) is 0 Å². The van der Waals surface area contributed by atoms with Gasteiger partial charge in [0.15, 0.2) is 17.1 Å². The first-order valence-corrected chi connectivity index (χ1v) is 12.1. The third-order valence-corrected chi connectivity index (χ3v) is 6.22. The number of pyridine rings is 2. The molecule has 9 heteroatoms. The van der Waals surface area contributed by atoms with Gasteiger partial charge in [0, 0.05) is 37.0 Å². The summed E-state index contributed by atoms with van der Waals surface area (Å²) in [5, 5.41) is 8.28. The Balaban J connectivity index is 1.31. The molecule has 1 aliphatic heterocycles. The van der Waals surface area contributed by atoms with Gasteiger partial charge in [-0.05, 0) is 50.2 Å². The zero-order chi connectivity index (χ0) is 24.6. The van der Waals surface area contributed by atoms with Gasteiger partial charge in [0.05, 0.1) is 28.5 Å². The minimum Gasteiger partial charge on any atom is -0.486 e. The maximum absolute atomic E-state index is 13.4. The third-order valence-electron chi connectivity index (χ3n) is 6.22. The van der Waals surface area contributed by atoms with Crippen LogP contribution in [0.15, 0.2) is 61.1 Å². The average molecular weight is 483 g/mol. The Morgan fingerprint density at radius 3 is 2.78 bits per heavy atom. The summed E-state index contributed by atoms with van der Waals surface area (Å²) in [4.78, 5) is 22.9. The maximum Gasteiger partial charge on any atom is 0.252 e. The molecule has 1 N–H and O–H groups in total. The first-order valence-electron chi connectivity index (χ1n) is 12.1. The Morgan fingerprint density at radius 1 is 1.08 bits per heavy atom. The van der Waals surface area contributed by atoms with Crippen LogP contribution >= 0.6 is 0 Å². The van der Waals surface area contributed by atoms with E-state index < -0.39 is 0 Å². The zero-order valence-corrected chi connectivity index (χ0v) is 20.1. The van der Waals surface area contributed by atoms with Crippen molar-refractivity contribution in [2.45, 2.75) is 26.3 Å². The Kier molecular flexibility index (Phi) is 5.52. The number of amides is 1. The fourth-order valence-electron chi connectivity index (χ4n) is 4.44. The lowest BCUT2D eigenvalue weighted by Crippen LogP contribution is -2.26. The molecule has 0 aliphatic carbocycles. The summed E-state index contributed by atoms with van der Waals surface area (Å²) >= 11 is 0. The summed E-state index contributed by atoms with van der Waals surface area (Å²) in [5.74, 6) is 1.22. The average Bonchev–Trinajstić information content (AvgIpc) is 3.51. The van der Waals surface area contributed by atoms with E-state index >= 15 is 0 Å². The van der Waals surface area contributed by atoms with Crippen LogP contribution in [-0.2, 0) is 6.42 Å². The van der Waals surface area contributed by atoms with Crippen molar-refractivity contribution < 1.29 is 14.3 Å². The number of hydrogen-bond donors (Lipinski definition) is 1. The van der Waals surface area contributed by atoms with Crippen LogP contribution < -0.4 is 14.8 Å². The number of nitrogens with zero attached hydrogens (tertiary/aromatic N) is 5. The number of rotatable bonds is 6. The smallest absolute Gasteiger partial charge is 0.252 e. The van der Waals surface area contributed by atoms with E-state index in [2.05, 4.69) is 15.4 Å². The summed E-state index contributed by atoms with van der Waals surface area (Å²) in [5.41, 5.74) is 4.53. The molecule has 0 radical (unpaired) electrons. The Bertz CT molecular complexity index is 1550. The predicted octanol–water partition coefficient (Wildman–Crippen LogP) is 4.07. The maximum atomic E-state index is 13.4. The van der Waals surface area contributed by atoms with Gasteiger partial charge in [-0.2, -0.15) is 5.10 Å². The molecule has 1 aromatic carbocycles. The Labute approximate surface area is 207 Å². The van der Waals surface area contributed by atoms with Crippen molar-refractivity contribution >= 4 is 22.6 Å². The molecule has 0 spiro atoms. The molecule has 0 bridgehead atoms. The van der Waals surface area contributed by atoms with Crippen molar-refractivity contribution in [3.63, 3.8) is 0 Å². The topological polar surface area (TPSA) is 95.6 Å². The van der Waals surface area contributed by atoms with Crippen LogP contribution in [0.1, 0.15) is 35.9 Å². The van der Waals surface area contributed by atoms with Crippen LogP contribution in [-0.4, -0.2) is 49.8 Å². The highest BCUT2D eigenvalue weighted by Gasteiger charge is 2.20. The lowest BCUT2D eigenvalue weighted by atomic mass is 10.1. The van der Waals surface area contributed by atoms with E-state index in [1.54, 1.807) is 6.20 Å². The van der Waals surface area contributed by atoms with E-state index in [1.807, 2.05) is 77.8 Å². The molecular formula is C27H26N6O3. The molecule has 0 saturated heterocycles. The quantitative estimate of drug-likeness (QED) is 0.392. The molecule has 36 heavy (non-hydrogen) atoms. The summed E-state index contributed by atoms with van der Waals surface area (Å²) < 4.78 is 15.2. The number of nitrogens with one attached hydrogen (secondary N) is 1. The van der Waals surface area contributed by atoms with Gasteiger partial charge in [0.1, 0.15) is 18.9 Å². The highest BCUT2D eigenvalue weighted by atomic mass is 16.6. The largest absolute Gasteiger partial charge is 0.486 e. The van der Waals surface area contributed by atoms with Gasteiger partial charge >= 0.3 is 0 Å². The molecule has 5 heterocycles. The second-order valence-corrected chi connectivity index (χ2v) is 9.04. The van der Waals surface area contributed by atoms with E-state index in [0.29, 0.717) is 54.6 Å². The minimum atomic E-state index is -0.173. The number of fused-ring (bicyclic) bond motifs is 3. The lowest BCUT2D eigenvalue weighted by molar-refractivity contribution is 0.0955. The first-order chi connectivity index (χ1) is 17.6.